The molecule has 4 nitrogen and oxygen atoms in total. The Bertz CT molecular complexity index is 485. The number of fused-ring (bicyclic) bond motifs is 1. The van der Waals surface area contributed by atoms with E-state index in [-0.39, 0.29) is 5.91 Å². The van der Waals surface area contributed by atoms with Gasteiger partial charge in [0.15, 0.2) is 6.10 Å². The molecule has 1 aliphatic rings. The molecule has 0 spiro atoms. The lowest BCUT2D eigenvalue weighted by atomic mass is 10.1. The Morgan fingerprint density at radius 2 is 2.32 bits per heavy atom. The molecule has 0 fully saturated rings. The standard InChI is InChI=1S/C15H20N2O2/c1-3-9-17-13-10-12(5-4-8-16)6-7-14(13)19-11(2)15(17)18/h3,6-7,10-11H,1,4-5,8-9,16H2,2H3. The summed E-state index contributed by atoms with van der Waals surface area (Å²) >= 11 is 0. The zero-order chi connectivity index (χ0) is 13.8. The monoisotopic (exact) mass is 260 g/mol. The van der Waals surface area contributed by atoms with Gasteiger partial charge in [-0.2, -0.15) is 0 Å². The Kier molecular flexibility index (Phi) is 4.22. The van der Waals surface area contributed by atoms with Gasteiger partial charge in [-0.15, -0.1) is 6.58 Å². The third-order valence-electron chi connectivity index (χ3n) is 3.21. The van der Waals surface area contributed by atoms with Gasteiger partial charge in [0.05, 0.1) is 5.69 Å². The van der Waals surface area contributed by atoms with Crippen LogP contribution in [0, 0.1) is 0 Å². The van der Waals surface area contributed by atoms with Gasteiger partial charge in [0.2, 0.25) is 0 Å². The van der Waals surface area contributed by atoms with Crippen LogP contribution in [0.5, 0.6) is 5.75 Å². The van der Waals surface area contributed by atoms with Gasteiger partial charge < -0.3 is 15.4 Å². The maximum Gasteiger partial charge on any atom is 0.268 e. The summed E-state index contributed by atoms with van der Waals surface area (Å²) in [6, 6.07) is 5.97. The molecule has 1 atom stereocenters. The average Bonchev–Trinajstić information content (AvgIpc) is 2.42. The highest BCUT2D eigenvalue weighted by Gasteiger charge is 2.30. The first-order valence-electron chi connectivity index (χ1n) is 6.59. The Hall–Kier alpha value is -1.81. The van der Waals surface area contributed by atoms with Crippen molar-refractivity contribution in [3.8, 4) is 5.75 Å². The minimum absolute atomic E-state index is 0.0247. The number of nitrogens with zero attached hydrogens (tertiary/aromatic N) is 1. The van der Waals surface area contributed by atoms with Crippen molar-refractivity contribution in [2.45, 2.75) is 25.9 Å². The normalized spacial score (nSPS) is 17.9. The Morgan fingerprint density at radius 3 is 3.00 bits per heavy atom. The van der Waals surface area contributed by atoms with Crippen LogP contribution in [0.15, 0.2) is 30.9 Å². The summed E-state index contributed by atoms with van der Waals surface area (Å²) in [7, 11) is 0. The molecule has 0 bridgehead atoms. The van der Waals surface area contributed by atoms with Crippen LogP contribution in [0.3, 0.4) is 0 Å². The number of carbonyl (C=O) groups excluding carboxylic acids is 1. The van der Waals surface area contributed by atoms with Gasteiger partial charge in [0.25, 0.3) is 5.91 Å². The van der Waals surface area contributed by atoms with Gasteiger partial charge >= 0.3 is 0 Å². The summed E-state index contributed by atoms with van der Waals surface area (Å²) in [5, 5.41) is 0. The van der Waals surface area contributed by atoms with Crippen LogP contribution >= 0.6 is 0 Å². The number of benzene rings is 1. The number of anilines is 1. The van der Waals surface area contributed by atoms with E-state index in [1.165, 1.54) is 5.56 Å². The number of rotatable bonds is 5. The molecule has 0 saturated carbocycles. The van der Waals surface area contributed by atoms with Gasteiger partial charge in [0, 0.05) is 6.54 Å². The molecule has 1 amide bonds. The van der Waals surface area contributed by atoms with Crippen LogP contribution in [0.2, 0.25) is 0 Å². The number of ether oxygens (including phenoxy) is 1. The lowest BCUT2D eigenvalue weighted by Gasteiger charge is -2.32. The Labute approximate surface area is 113 Å². The first-order valence-corrected chi connectivity index (χ1v) is 6.59. The van der Waals surface area contributed by atoms with Gasteiger partial charge in [-0.25, -0.2) is 0 Å². The van der Waals surface area contributed by atoms with Crippen molar-refractivity contribution in [2.75, 3.05) is 18.0 Å². The van der Waals surface area contributed by atoms with E-state index >= 15 is 0 Å². The molecule has 1 aromatic carbocycles. The lowest BCUT2D eigenvalue weighted by molar-refractivity contribution is -0.125. The van der Waals surface area contributed by atoms with Crippen molar-refractivity contribution in [3.05, 3.63) is 36.4 Å². The Morgan fingerprint density at radius 1 is 1.53 bits per heavy atom. The largest absolute Gasteiger partial charge is 0.479 e. The highest BCUT2D eigenvalue weighted by Crippen LogP contribution is 2.35. The molecule has 19 heavy (non-hydrogen) atoms. The highest BCUT2D eigenvalue weighted by atomic mass is 16.5. The summed E-state index contributed by atoms with van der Waals surface area (Å²) in [5.41, 5.74) is 7.53. The van der Waals surface area contributed by atoms with Crippen LogP contribution < -0.4 is 15.4 Å². The fourth-order valence-corrected chi connectivity index (χ4v) is 2.23. The predicted molar refractivity (Wildman–Crippen MR) is 76.5 cm³/mol. The highest BCUT2D eigenvalue weighted by molar-refractivity contribution is 6.00. The van der Waals surface area contributed by atoms with E-state index in [0.29, 0.717) is 13.1 Å². The number of hydrogen-bond donors (Lipinski definition) is 1. The Balaban J connectivity index is 2.33. The van der Waals surface area contributed by atoms with Gasteiger partial charge in [-0.3, -0.25) is 4.79 Å². The maximum absolute atomic E-state index is 12.1. The smallest absolute Gasteiger partial charge is 0.268 e. The van der Waals surface area contributed by atoms with E-state index in [4.69, 9.17) is 10.5 Å². The van der Waals surface area contributed by atoms with Gasteiger partial charge in [-0.05, 0) is 44.0 Å². The molecule has 102 valence electrons. The molecule has 0 aliphatic carbocycles. The fourth-order valence-electron chi connectivity index (χ4n) is 2.23. The van der Waals surface area contributed by atoms with Crippen molar-refractivity contribution in [1.29, 1.82) is 0 Å². The molecule has 1 heterocycles. The summed E-state index contributed by atoms with van der Waals surface area (Å²) in [6.07, 6.45) is 3.13. The zero-order valence-electron chi connectivity index (χ0n) is 11.3. The van der Waals surface area contributed by atoms with Crippen molar-refractivity contribution in [2.24, 2.45) is 5.73 Å². The third-order valence-corrected chi connectivity index (χ3v) is 3.21. The molecular formula is C15H20N2O2. The number of hydrogen-bond acceptors (Lipinski definition) is 3. The van der Waals surface area contributed by atoms with E-state index in [1.807, 2.05) is 18.2 Å². The van der Waals surface area contributed by atoms with Crippen LogP contribution in [-0.2, 0) is 11.2 Å². The first-order chi connectivity index (χ1) is 9.17. The first kappa shape index (κ1) is 13.6. The van der Waals surface area contributed by atoms with E-state index < -0.39 is 6.10 Å². The second-order valence-electron chi connectivity index (χ2n) is 4.69. The van der Waals surface area contributed by atoms with E-state index in [1.54, 1.807) is 17.9 Å². The van der Waals surface area contributed by atoms with Crippen LogP contribution in [0.25, 0.3) is 0 Å². The number of aryl methyl sites for hydroxylation is 1. The molecule has 1 aromatic rings. The number of carbonyl (C=O) groups is 1. The van der Waals surface area contributed by atoms with Gasteiger partial charge in [-0.1, -0.05) is 12.1 Å². The second-order valence-corrected chi connectivity index (χ2v) is 4.69. The van der Waals surface area contributed by atoms with Crippen molar-refractivity contribution >= 4 is 11.6 Å². The molecule has 1 unspecified atom stereocenters. The molecule has 0 radical (unpaired) electrons. The molecule has 4 heteroatoms. The third kappa shape index (κ3) is 2.79. The van der Waals surface area contributed by atoms with E-state index in [0.717, 1.165) is 24.3 Å². The summed E-state index contributed by atoms with van der Waals surface area (Å²) in [4.78, 5) is 13.9. The SMILES string of the molecule is C=CCN1C(=O)C(C)Oc2ccc(CCCN)cc21. The zero-order valence-corrected chi connectivity index (χ0v) is 11.3. The van der Waals surface area contributed by atoms with Crippen molar-refractivity contribution in [1.82, 2.24) is 0 Å². The molecule has 0 aromatic heterocycles. The van der Waals surface area contributed by atoms with Gasteiger partial charge in [0.1, 0.15) is 5.75 Å². The molecule has 2 rings (SSSR count). The summed E-state index contributed by atoms with van der Waals surface area (Å²) < 4.78 is 5.63. The second kappa shape index (κ2) is 5.89. The average molecular weight is 260 g/mol. The molecule has 0 saturated heterocycles. The van der Waals surface area contributed by atoms with Crippen molar-refractivity contribution in [3.63, 3.8) is 0 Å². The minimum Gasteiger partial charge on any atom is -0.479 e. The fraction of sp³-hybridized carbons (Fsp3) is 0.400. The molecular weight excluding hydrogens is 240 g/mol. The number of amides is 1. The maximum atomic E-state index is 12.1. The topological polar surface area (TPSA) is 55.6 Å². The molecule has 1 aliphatic heterocycles. The number of nitrogens with two attached hydrogens (primary N) is 1. The summed E-state index contributed by atoms with van der Waals surface area (Å²) in [6.45, 7) is 6.64. The van der Waals surface area contributed by atoms with Crippen LogP contribution in [-0.4, -0.2) is 25.1 Å². The minimum atomic E-state index is -0.442. The van der Waals surface area contributed by atoms with Crippen molar-refractivity contribution < 1.29 is 9.53 Å². The lowest BCUT2D eigenvalue weighted by Crippen LogP contribution is -2.44. The van der Waals surface area contributed by atoms with E-state index in [2.05, 4.69) is 6.58 Å². The quantitative estimate of drug-likeness (QED) is 0.822. The van der Waals surface area contributed by atoms with Crippen LogP contribution in [0.4, 0.5) is 5.69 Å². The van der Waals surface area contributed by atoms with Crippen LogP contribution in [0.1, 0.15) is 18.9 Å². The van der Waals surface area contributed by atoms with E-state index in [9.17, 15) is 4.79 Å². The molecule has 2 N–H and O–H groups in total. The predicted octanol–water partition coefficient (Wildman–Crippen LogP) is 1.88. The summed E-state index contributed by atoms with van der Waals surface area (Å²) in [5.74, 6) is 0.730.